The van der Waals surface area contributed by atoms with E-state index in [4.69, 9.17) is 9.26 Å². The number of carbonyl (C=O) groups is 1. The Labute approximate surface area is 302 Å². The van der Waals surface area contributed by atoms with Crippen molar-refractivity contribution in [2.24, 2.45) is 0 Å². The molecule has 0 amide bonds. The maximum atomic E-state index is 11.9. The molecule has 2 atom stereocenters. The van der Waals surface area contributed by atoms with Crippen LogP contribution in [-0.2, 0) is 23.1 Å². The molecule has 0 aromatic carbocycles. The second-order valence-electron chi connectivity index (χ2n) is 14.5. The highest BCUT2D eigenvalue weighted by Gasteiger charge is 2.16. The van der Waals surface area contributed by atoms with Crippen LogP contribution < -0.4 is 4.89 Å². The molecule has 0 aliphatic carbocycles. The van der Waals surface area contributed by atoms with E-state index in [1.807, 2.05) is 21.1 Å². The SMILES string of the molecule is CCCCCCC/C=C\C/C=C\C/C=C\CCCCCCCCCCCCCCCCC(=O)OCC(O)COP(=O)([O-])OCC[N+](C)(C)C. The summed E-state index contributed by atoms with van der Waals surface area (Å²) in [7, 11) is 1.25. The van der Waals surface area contributed by atoms with Crippen LogP contribution in [0.25, 0.3) is 0 Å². The van der Waals surface area contributed by atoms with Crippen molar-refractivity contribution in [3.63, 3.8) is 0 Å². The topological polar surface area (TPSA) is 105 Å². The van der Waals surface area contributed by atoms with Crippen molar-refractivity contribution in [1.29, 1.82) is 0 Å². The van der Waals surface area contributed by atoms with Crippen LogP contribution in [0, 0.1) is 0 Å². The average molecular weight is 714 g/mol. The summed E-state index contributed by atoms with van der Waals surface area (Å²) in [6.45, 7) is 1.94. The van der Waals surface area contributed by atoms with Gasteiger partial charge in [-0.3, -0.25) is 9.36 Å². The van der Waals surface area contributed by atoms with Crippen molar-refractivity contribution in [3.05, 3.63) is 36.5 Å². The molecule has 0 aromatic rings. The number of aliphatic hydroxyl groups excluding tert-OH is 1. The molecule has 288 valence electrons. The number of phosphoric acid groups is 1. The molecule has 0 aliphatic rings. The molecule has 0 aromatic heterocycles. The van der Waals surface area contributed by atoms with Crippen molar-refractivity contribution in [2.75, 3.05) is 47.5 Å². The highest BCUT2D eigenvalue weighted by atomic mass is 31.2. The summed E-state index contributed by atoms with van der Waals surface area (Å²) >= 11 is 0. The molecule has 1 N–H and O–H groups in total. The molecular formula is C40H76NO7P. The Morgan fingerprint density at radius 3 is 1.55 bits per heavy atom. The normalized spacial score (nSPS) is 14.3. The summed E-state index contributed by atoms with van der Waals surface area (Å²) in [6.07, 6.45) is 41.6. The Hall–Kier alpha value is -1.28. The van der Waals surface area contributed by atoms with Crippen LogP contribution >= 0.6 is 7.82 Å². The minimum Gasteiger partial charge on any atom is -0.756 e. The van der Waals surface area contributed by atoms with Crippen molar-refractivity contribution >= 4 is 13.8 Å². The molecule has 0 saturated heterocycles. The second kappa shape index (κ2) is 33.8. The van der Waals surface area contributed by atoms with Gasteiger partial charge in [0.05, 0.1) is 27.7 Å². The van der Waals surface area contributed by atoms with Crippen LogP contribution in [0.5, 0.6) is 0 Å². The molecule has 0 heterocycles. The zero-order chi connectivity index (χ0) is 36.3. The van der Waals surface area contributed by atoms with Gasteiger partial charge in [-0.25, -0.2) is 0 Å². The van der Waals surface area contributed by atoms with Gasteiger partial charge in [0.15, 0.2) is 0 Å². The maximum absolute atomic E-state index is 11.9. The number of ether oxygens (including phenoxy) is 1. The minimum absolute atomic E-state index is 0.00844. The van der Waals surface area contributed by atoms with Gasteiger partial charge in [-0.2, -0.15) is 0 Å². The van der Waals surface area contributed by atoms with Gasteiger partial charge < -0.3 is 28.3 Å². The third-order valence-electron chi connectivity index (χ3n) is 8.39. The first kappa shape index (κ1) is 47.7. The van der Waals surface area contributed by atoms with Gasteiger partial charge in [0.25, 0.3) is 7.82 Å². The second-order valence-corrected chi connectivity index (χ2v) is 15.9. The lowest BCUT2D eigenvalue weighted by Gasteiger charge is -2.27. The number of likely N-dealkylation sites (N-methyl/N-ethyl adjacent to an activating group) is 1. The molecular weight excluding hydrogens is 637 g/mol. The first-order valence-electron chi connectivity index (χ1n) is 19.7. The number of rotatable bonds is 36. The van der Waals surface area contributed by atoms with Crippen LogP contribution in [0.4, 0.5) is 0 Å². The number of nitrogens with zero attached hydrogens (tertiary/aromatic N) is 1. The van der Waals surface area contributed by atoms with Crippen LogP contribution in [0.1, 0.15) is 161 Å². The van der Waals surface area contributed by atoms with Crippen LogP contribution in [0.3, 0.4) is 0 Å². The quantitative estimate of drug-likeness (QED) is 0.0227. The number of quaternary nitrogens is 1. The minimum atomic E-state index is -4.50. The zero-order valence-electron chi connectivity index (χ0n) is 32.1. The monoisotopic (exact) mass is 714 g/mol. The standard InChI is InChI=1S/C40H76NO7P/c1-5-6-7-8-9-10-11-12-13-14-15-16-17-18-19-20-21-22-23-24-25-26-27-28-29-30-31-32-33-34-40(43)46-37-39(42)38-48-49(44,45)47-36-35-41(2,3)4/h11-12,14-15,17-18,39,42H,5-10,13,16,19-38H2,1-4H3/b12-11-,15-14-,18-17-. The van der Waals surface area contributed by atoms with Gasteiger partial charge in [-0.1, -0.05) is 146 Å². The van der Waals surface area contributed by atoms with Crippen LogP contribution in [-0.4, -0.2) is 69.2 Å². The maximum Gasteiger partial charge on any atom is 0.305 e. The van der Waals surface area contributed by atoms with Crippen LogP contribution in [0.15, 0.2) is 36.5 Å². The Balaban J connectivity index is 3.43. The Bertz CT molecular complexity index is 884. The first-order chi connectivity index (χ1) is 23.6. The molecule has 2 unspecified atom stereocenters. The van der Waals surface area contributed by atoms with Crippen molar-refractivity contribution in [3.8, 4) is 0 Å². The van der Waals surface area contributed by atoms with Crippen LogP contribution in [0.2, 0.25) is 0 Å². The lowest BCUT2D eigenvalue weighted by molar-refractivity contribution is -0.870. The number of hydrogen-bond donors (Lipinski definition) is 1. The van der Waals surface area contributed by atoms with Gasteiger partial charge in [0.1, 0.15) is 25.9 Å². The van der Waals surface area contributed by atoms with Gasteiger partial charge >= 0.3 is 5.97 Å². The molecule has 0 saturated carbocycles. The Morgan fingerprint density at radius 1 is 0.653 bits per heavy atom. The third-order valence-corrected chi connectivity index (χ3v) is 9.36. The smallest absolute Gasteiger partial charge is 0.305 e. The van der Waals surface area contributed by atoms with Gasteiger partial charge in [-0.15, -0.1) is 0 Å². The molecule has 0 rings (SSSR count). The fourth-order valence-electron chi connectivity index (χ4n) is 5.25. The van der Waals surface area contributed by atoms with Gasteiger partial charge in [-0.05, 0) is 44.9 Å². The summed E-state index contributed by atoms with van der Waals surface area (Å²) in [5.74, 6) is -0.388. The summed E-state index contributed by atoms with van der Waals surface area (Å²) in [4.78, 5) is 23.7. The Morgan fingerprint density at radius 2 is 1.08 bits per heavy atom. The summed E-state index contributed by atoms with van der Waals surface area (Å²) in [6, 6.07) is 0. The number of esters is 1. The molecule has 0 fully saturated rings. The third kappa shape index (κ3) is 39.4. The van der Waals surface area contributed by atoms with E-state index in [1.165, 1.54) is 116 Å². The lowest BCUT2D eigenvalue weighted by Crippen LogP contribution is -2.37. The molecule has 49 heavy (non-hydrogen) atoms. The van der Waals surface area contributed by atoms with E-state index in [2.05, 4.69) is 47.9 Å². The fourth-order valence-corrected chi connectivity index (χ4v) is 5.98. The molecule has 9 heteroatoms. The predicted octanol–water partition coefficient (Wildman–Crippen LogP) is 10.1. The number of aliphatic hydroxyl groups is 1. The molecule has 0 bridgehead atoms. The fraction of sp³-hybridized carbons (Fsp3) is 0.825. The van der Waals surface area contributed by atoms with E-state index in [9.17, 15) is 19.4 Å². The van der Waals surface area contributed by atoms with Crippen molar-refractivity contribution in [1.82, 2.24) is 0 Å². The van der Waals surface area contributed by atoms with E-state index in [0.717, 1.165) is 32.1 Å². The van der Waals surface area contributed by atoms with Crippen molar-refractivity contribution < 1.29 is 37.6 Å². The van der Waals surface area contributed by atoms with E-state index in [0.29, 0.717) is 17.4 Å². The Kier molecular flexibility index (Phi) is 33.0. The first-order valence-corrected chi connectivity index (χ1v) is 21.2. The van der Waals surface area contributed by atoms with E-state index in [1.54, 1.807) is 0 Å². The lowest BCUT2D eigenvalue weighted by atomic mass is 10.0. The zero-order valence-corrected chi connectivity index (χ0v) is 33.0. The predicted molar refractivity (Wildman–Crippen MR) is 203 cm³/mol. The highest BCUT2D eigenvalue weighted by molar-refractivity contribution is 7.45. The average Bonchev–Trinajstić information content (AvgIpc) is 3.05. The number of unbranched alkanes of at least 4 members (excludes halogenated alkanes) is 19. The summed E-state index contributed by atoms with van der Waals surface area (Å²) < 4.78 is 26.8. The molecule has 0 spiro atoms. The molecule has 0 radical (unpaired) electrons. The van der Waals surface area contributed by atoms with Gasteiger partial charge in [0.2, 0.25) is 0 Å². The molecule has 0 aliphatic heterocycles. The summed E-state index contributed by atoms with van der Waals surface area (Å²) in [5, 5.41) is 9.87. The number of hydrogen-bond acceptors (Lipinski definition) is 7. The largest absolute Gasteiger partial charge is 0.756 e. The number of phosphoric ester groups is 1. The van der Waals surface area contributed by atoms with Gasteiger partial charge in [0, 0.05) is 6.42 Å². The molecule has 8 nitrogen and oxygen atoms in total. The van der Waals surface area contributed by atoms with E-state index in [-0.39, 0.29) is 19.2 Å². The number of carbonyl (C=O) groups excluding carboxylic acids is 1. The van der Waals surface area contributed by atoms with E-state index < -0.39 is 20.5 Å². The highest BCUT2D eigenvalue weighted by Crippen LogP contribution is 2.38. The summed E-state index contributed by atoms with van der Waals surface area (Å²) in [5.41, 5.74) is 0. The van der Waals surface area contributed by atoms with Crippen molar-refractivity contribution in [2.45, 2.75) is 167 Å². The van der Waals surface area contributed by atoms with E-state index >= 15 is 0 Å². The number of allylic oxidation sites excluding steroid dienone is 6.